The van der Waals surface area contributed by atoms with Gasteiger partial charge in [0, 0.05) is 25.0 Å². The fraction of sp³-hybridized carbons (Fsp3) is 0.133. The molecule has 0 heterocycles. The van der Waals surface area contributed by atoms with Crippen molar-refractivity contribution in [3.63, 3.8) is 0 Å². The van der Waals surface area contributed by atoms with Gasteiger partial charge in [-0.3, -0.25) is 19.7 Å². The van der Waals surface area contributed by atoms with Crippen LogP contribution in [0.15, 0.2) is 115 Å². The van der Waals surface area contributed by atoms with E-state index in [4.69, 9.17) is 5.73 Å². The smallest absolute Gasteiger partial charge is 0.269 e. The van der Waals surface area contributed by atoms with Crippen LogP contribution in [0.2, 0.25) is 0 Å². The lowest BCUT2D eigenvalue weighted by atomic mass is 9.67. The topological polar surface area (TPSA) is 115 Å². The molecule has 4 aromatic rings. The van der Waals surface area contributed by atoms with E-state index in [1.807, 2.05) is 91.0 Å². The van der Waals surface area contributed by atoms with Crippen molar-refractivity contribution < 1.29 is 14.5 Å². The zero-order chi connectivity index (χ0) is 26.3. The van der Waals surface area contributed by atoms with E-state index >= 15 is 0 Å². The molecule has 0 fully saturated rings. The first kappa shape index (κ1) is 25.3. The number of nitrogens with zero attached hydrogens (tertiary/aromatic N) is 1. The minimum Gasteiger partial charge on any atom is -0.368 e. The fourth-order valence-electron chi connectivity index (χ4n) is 4.67. The predicted octanol–water partition coefficient (Wildman–Crippen LogP) is 4.53. The number of nitrogens with two attached hydrogens (primary N) is 1. The largest absolute Gasteiger partial charge is 0.368 e. The standard InChI is InChI=1S/C30H27N3O4/c31-29(35)27(20-22-16-18-26(19-17-22)33(36)37)32-28(34)21-30(23-10-4-1-5-11-23,24-12-6-2-7-13-24)25-14-8-3-9-15-25/h1-19,27H,20-21H2,(H2,31,35)(H,32,34)/t27-/m0/s1. The van der Waals surface area contributed by atoms with Crippen molar-refractivity contribution in [2.24, 2.45) is 5.73 Å². The van der Waals surface area contributed by atoms with Crippen LogP contribution in [0.5, 0.6) is 0 Å². The van der Waals surface area contributed by atoms with Gasteiger partial charge in [0.15, 0.2) is 0 Å². The molecular formula is C30H27N3O4. The third kappa shape index (κ3) is 5.73. The van der Waals surface area contributed by atoms with Crippen LogP contribution in [0, 0.1) is 10.1 Å². The average molecular weight is 494 g/mol. The van der Waals surface area contributed by atoms with Crippen molar-refractivity contribution in [3.05, 3.63) is 148 Å². The summed E-state index contributed by atoms with van der Waals surface area (Å²) in [5, 5.41) is 13.8. The lowest BCUT2D eigenvalue weighted by Crippen LogP contribution is -2.48. The van der Waals surface area contributed by atoms with Crippen LogP contribution in [0.1, 0.15) is 28.7 Å². The number of nitrogens with one attached hydrogen (secondary N) is 1. The summed E-state index contributed by atoms with van der Waals surface area (Å²) in [5.74, 6) is -1.03. The molecule has 0 saturated heterocycles. The molecule has 3 N–H and O–H groups in total. The second kappa shape index (κ2) is 11.3. The number of primary amides is 1. The van der Waals surface area contributed by atoms with E-state index in [9.17, 15) is 19.7 Å². The molecule has 0 saturated carbocycles. The number of hydrogen-bond acceptors (Lipinski definition) is 4. The van der Waals surface area contributed by atoms with Gasteiger partial charge in [0.2, 0.25) is 11.8 Å². The zero-order valence-corrected chi connectivity index (χ0v) is 20.1. The number of benzene rings is 4. The van der Waals surface area contributed by atoms with E-state index in [1.54, 1.807) is 12.1 Å². The Morgan fingerprint density at radius 3 is 1.57 bits per heavy atom. The molecule has 0 spiro atoms. The summed E-state index contributed by atoms with van der Waals surface area (Å²) in [6.45, 7) is 0. The van der Waals surface area contributed by atoms with Crippen LogP contribution in [-0.4, -0.2) is 22.8 Å². The highest BCUT2D eigenvalue weighted by atomic mass is 16.6. The van der Waals surface area contributed by atoms with E-state index in [2.05, 4.69) is 5.32 Å². The normalized spacial score (nSPS) is 11.9. The molecule has 0 aliphatic rings. The van der Waals surface area contributed by atoms with Gasteiger partial charge in [-0.25, -0.2) is 0 Å². The van der Waals surface area contributed by atoms with Crippen molar-refractivity contribution in [2.45, 2.75) is 24.3 Å². The van der Waals surface area contributed by atoms with Crippen LogP contribution >= 0.6 is 0 Å². The summed E-state index contributed by atoms with van der Waals surface area (Å²) < 4.78 is 0. The van der Waals surface area contributed by atoms with Gasteiger partial charge in [-0.05, 0) is 22.3 Å². The number of amides is 2. The molecule has 37 heavy (non-hydrogen) atoms. The minimum absolute atomic E-state index is 0.0368. The zero-order valence-electron chi connectivity index (χ0n) is 20.1. The van der Waals surface area contributed by atoms with Crippen LogP contribution < -0.4 is 11.1 Å². The summed E-state index contributed by atoms with van der Waals surface area (Å²) in [5.41, 5.74) is 8.24. The first-order valence-corrected chi connectivity index (χ1v) is 11.9. The van der Waals surface area contributed by atoms with Gasteiger partial charge in [0.1, 0.15) is 6.04 Å². The van der Waals surface area contributed by atoms with Gasteiger partial charge in [0.25, 0.3) is 5.69 Å². The Hall–Kier alpha value is -4.78. The van der Waals surface area contributed by atoms with E-state index in [0.717, 1.165) is 16.7 Å². The Labute approximate surface area is 215 Å². The quantitative estimate of drug-likeness (QED) is 0.192. The van der Waals surface area contributed by atoms with Gasteiger partial charge in [-0.15, -0.1) is 0 Å². The molecule has 4 rings (SSSR count). The summed E-state index contributed by atoms with van der Waals surface area (Å²) in [7, 11) is 0. The molecule has 0 radical (unpaired) electrons. The summed E-state index contributed by atoms with van der Waals surface area (Å²) in [6, 6.07) is 34.3. The van der Waals surface area contributed by atoms with E-state index < -0.39 is 22.3 Å². The summed E-state index contributed by atoms with van der Waals surface area (Å²) >= 11 is 0. The highest BCUT2D eigenvalue weighted by Crippen LogP contribution is 2.42. The molecule has 0 unspecified atom stereocenters. The SMILES string of the molecule is NC(=O)[C@H](Cc1ccc([N+](=O)[O-])cc1)NC(=O)CC(c1ccccc1)(c1ccccc1)c1ccccc1. The first-order valence-electron chi connectivity index (χ1n) is 11.9. The Morgan fingerprint density at radius 2 is 1.19 bits per heavy atom. The van der Waals surface area contributed by atoms with E-state index in [-0.39, 0.29) is 24.4 Å². The Bertz CT molecular complexity index is 1260. The van der Waals surface area contributed by atoms with Gasteiger partial charge >= 0.3 is 0 Å². The van der Waals surface area contributed by atoms with Crippen LogP contribution in [0.4, 0.5) is 5.69 Å². The van der Waals surface area contributed by atoms with Crippen LogP contribution in [-0.2, 0) is 21.4 Å². The maximum Gasteiger partial charge on any atom is 0.269 e. The number of carbonyl (C=O) groups excluding carboxylic acids is 2. The highest BCUT2D eigenvalue weighted by molar-refractivity contribution is 5.88. The number of nitro benzene ring substituents is 1. The summed E-state index contributed by atoms with van der Waals surface area (Å²) in [6.07, 6.45) is 0.156. The van der Waals surface area contributed by atoms with Crippen LogP contribution in [0.3, 0.4) is 0 Å². The second-order valence-corrected chi connectivity index (χ2v) is 8.83. The van der Waals surface area contributed by atoms with Gasteiger partial charge < -0.3 is 11.1 Å². The van der Waals surface area contributed by atoms with Gasteiger partial charge in [0.05, 0.1) is 10.3 Å². The fourth-order valence-corrected chi connectivity index (χ4v) is 4.67. The maximum absolute atomic E-state index is 13.6. The maximum atomic E-state index is 13.6. The third-order valence-electron chi connectivity index (χ3n) is 6.49. The minimum atomic E-state index is -0.978. The first-order chi connectivity index (χ1) is 17.9. The molecule has 1 atom stereocenters. The van der Waals surface area contributed by atoms with Gasteiger partial charge in [-0.1, -0.05) is 103 Å². The molecule has 7 heteroatoms. The number of carbonyl (C=O) groups is 2. The number of rotatable bonds is 10. The summed E-state index contributed by atoms with van der Waals surface area (Å²) in [4.78, 5) is 36.4. The monoisotopic (exact) mass is 493 g/mol. The molecule has 2 amide bonds. The Balaban J connectivity index is 1.68. The molecular weight excluding hydrogens is 466 g/mol. The molecule has 7 nitrogen and oxygen atoms in total. The number of hydrogen-bond donors (Lipinski definition) is 2. The van der Waals surface area contributed by atoms with E-state index in [0.29, 0.717) is 5.56 Å². The Kier molecular flexibility index (Phi) is 7.74. The Morgan fingerprint density at radius 1 is 0.757 bits per heavy atom. The molecule has 0 bridgehead atoms. The predicted molar refractivity (Wildman–Crippen MR) is 142 cm³/mol. The lowest BCUT2D eigenvalue weighted by molar-refractivity contribution is -0.384. The lowest BCUT2D eigenvalue weighted by Gasteiger charge is -2.36. The third-order valence-corrected chi connectivity index (χ3v) is 6.49. The van der Waals surface area contributed by atoms with Crippen molar-refractivity contribution >= 4 is 17.5 Å². The van der Waals surface area contributed by atoms with Gasteiger partial charge in [-0.2, -0.15) is 0 Å². The molecule has 4 aromatic carbocycles. The molecule has 0 aromatic heterocycles. The van der Waals surface area contributed by atoms with Crippen LogP contribution in [0.25, 0.3) is 0 Å². The molecule has 0 aliphatic carbocycles. The van der Waals surface area contributed by atoms with Crippen molar-refractivity contribution in [1.29, 1.82) is 0 Å². The van der Waals surface area contributed by atoms with Crippen molar-refractivity contribution in [2.75, 3.05) is 0 Å². The number of nitro groups is 1. The van der Waals surface area contributed by atoms with Crippen molar-refractivity contribution in [1.82, 2.24) is 5.32 Å². The number of non-ortho nitro benzene ring substituents is 1. The van der Waals surface area contributed by atoms with E-state index in [1.165, 1.54) is 12.1 Å². The second-order valence-electron chi connectivity index (χ2n) is 8.83. The average Bonchev–Trinajstić information content (AvgIpc) is 2.93. The highest BCUT2D eigenvalue weighted by Gasteiger charge is 2.39. The molecule has 0 aliphatic heterocycles. The molecule has 186 valence electrons. The van der Waals surface area contributed by atoms with Crippen molar-refractivity contribution in [3.8, 4) is 0 Å².